The molecule has 1 aromatic rings. The fraction of sp³-hybridized carbons (Fsp3) is 0.467. The van der Waals surface area contributed by atoms with Crippen LogP contribution in [-0.4, -0.2) is 39.6 Å². The van der Waals surface area contributed by atoms with Crippen molar-refractivity contribution in [2.24, 2.45) is 0 Å². The largest absolute Gasteiger partial charge is 0.481 e. The first-order valence-corrected chi connectivity index (χ1v) is 6.92. The number of carboxylic acid groups (broad SMARTS) is 1. The van der Waals surface area contributed by atoms with Crippen LogP contribution in [0.1, 0.15) is 37.4 Å². The van der Waals surface area contributed by atoms with Gasteiger partial charge >= 0.3 is 5.97 Å². The predicted molar refractivity (Wildman–Crippen MR) is 73.0 cm³/mol. The highest BCUT2D eigenvalue weighted by molar-refractivity contribution is 5.78. The van der Waals surface area contributed by atoms with E-state index in [-0.39, 0.29) is 24.8 Å². The van der Waals surface area contributed by atoms with Crippen molar-refractivity contribution in [2.75, 3.05) is 6.54 Å². The van der Waals surface area contributed by atoms with Crippen molar-refractivity contribution in [3.8, 4) is 0 Å². The van der Waals surface area contributed by atoms with Crippen LogP contribution < -0.4 is 0 Å². The molecule has 1 fully saturated rings. The highest BCUT2D eigenvalue weighted by atomic mass is 19.1. The Morgan fingerprint density at radius 3 is 2.86 bits per heavy atom. The summed E-state index contributed by atoms with van der Waals surface area (Å²) in [5.41, 5.74) is 0.345. The summed E-state index contributed by atoms with van der Waals surface area (Å²) in [4.78, 5) is 24.5. The average molecular weight is 295 g/mol. The average Bonchev–Trinajstić information content (AvgIpc) is 2.86. The Hall–Kier alpha value is -1.95. The summed E-state index contributed by atoms with van der Waals surface area (Å²) >= 11 is 0. The van der Waals surface area contributed by atoms with Crippen LogP contribution in [0.15, 0.2) is 24.3 Å². The van der Waals surface area contributed by atoms with E-state index in [2.05, 4.69) is 0 Å². The van der Waals surface area contributed by atoms with Crippen molar-refractivity contribution in [1.29, 1.82) is 0 Å². The molecule has 6 heteroatoms. The SMILES string of the molecule is O=C(O)C[C@@H]1CCCN1C(=O)C[C@H](O)c1cccc(F)c1. The monoisotopic (exact) mass is 295 g/mol. The Morgan fingerprint density at radius 1 is 1.43 bits per heavy atom. The quantitative estimate of drug-likeness (QED) is 0.867. The lowest BCUT2D eigenvalue weighted by molar-refractivity contribution is -0.140. The molecule has 5 nitrogen and oxygen atoms in total. The Bertz CT molecular complexity index is 534. The lowest BCUT2D eigenvalue weighted by Gasteiger charge is -2.24. The third-order valence-electron chi connectivity index (χ3n) is 3.71. The maximum absolute atomic E-state index is 13.1. The van der Waals surface area contributed by atoms with Gasteiger partial charge in [-0.25, -0.2) is 4.39 Å². The number of aliphatic hydroxyl groups is 1. The van der Waals surface area contributed by atoms with Crippen LogP contribution in [0.5, 0.6) is 0 Å². The molecule has 1 aromatic carbocycles. The standard InChI is InChI=1S/C15H18FNO4/c16-11-4-1-3-10(7-11)13(18)9-14(19)17-6-2-5-12(17)8-15(20)21/h1,3-4,7,12-13,18H,2,5-6,8-9H2,(H,20,21)/t12-,13-/m0/s1. The van der Waals surface area contributed by atoms with Gasteiger partial charge < -0.3 is 15.1 Å². The molecule has 1 saturated heterocycles. The van der Waals surface area contributed by atoms with Gasteiger partial charge in [0.05, 0.1) is 18.9 Å². The van der Waals surface area contributed by atoms with Gasteiger partial charge in [0, 0.05) is 12.6 Å². The molecule has 0 unspecified atom stereocenters. The van der Waals surface area contributed by atoms with Crippen molar-refractivity contribution >= 4 is 11.9 Å². The number of nitrogens with zero attached hydrogens (tertiary/aromatic N) is 1. The zero-order chi connectivity index (χ0) is 15.4. The second-order valence-corrected chi connectivity index (χ2v) is 5.26. The smallest absolute Gasteiger partial charge is 0.305 e. The van der Waals surface area contributed by atoms with Gasteiger partial charge in [0.25, 0.3) is 0 Å². The lowest BCUT2D eigenvalue weighted by Crippen LogP contribution is -2.37. The van der Waals surface area contributed by atoms with Gasteiger partial charge in [0.1, 0.15) is 5.82 Å². The molecule has 114 valence electrons. The Morgan fingerprint density at radius 2 is 2.19 bits per heavy atom. The highest BCUT2D eigenvalue weighted by Gasteiger charge is 2.31. The molecule has 1 aliphatic rings. The molecule has 1 heterocycles. The summed E-state index contributed by atoms with van der Waals surface area (Å²) in [5, 5.41) is 18.8. The Balaban J connectivity index is 1.98. The van der Waals surface area contributed by atoms with Crippen LogP contribution in [0.3, 0.4) is 0 Å². The highest BCUT2D eigenvalue weighted by Crippen LogP contribution is 2.24. The van der Waals surface area contributed by atoms with Crippen LogP contribution in [0, 0.1) is 5.82 Å². The minimum atomic E-state index is -1.08. The number of carbonyl (C=O) groups excluding carboxylic acids is 1. The van der Waals surface area contributed by atoms with Crippen molar-refractivity contribution in [1.82, 2.24) is 4.90 Å². The van der Waals surface area contributed by atoms with Crippen molar-refractivity contribution in [3.05, 3.63) is 35.6 Å². The van der Waals surface area contributed by atoms with E-state index >= 15 is 0 Å². The van der Waals surface area contributed by atoms with E-state index in [0.29, 0.717) is 18.5 Å². The van der Waals surface area contributed by atoms with Crippen LogP contribution in [0.2, 0.25) is 0 Å². The number of aliphatic carboxylic acids is 1. The second kappa shape index (κ2) is 6.67. The molecule has 0 saturated carbocycles. The molecule has 0 spiro atoms. The molecule has 2 rings (SSSR count). The zero-order valence-corrected chi connectivity index (χ0v) is 11.5. The third-order valence-corrected chi connectivity index (χ3v) is 3.71. The van der Waals surface area contributed by atoms with Crippen LogP contribution >= 0.6 is 0 Å². The number of benzene rings is 1. The molecule has 21 heavy (non-hydrogen) atoms. The molecule has 1 aliphatic heterocycles. The first-order valence-electron chi connectivity index (χ1n) is 6.92. The number of carboxylic acids is 1. The minimum absolute atomic E-state index is 0.0815. The van der Waals surface area contributed by atoms with Crippen molar-refractivity contribution in [3.63, 3.8) is 0 Å². The Labute approximate surface area is 122 Å². The van der Waals surface area contributed by atoms with E-state index in [1.807, 2.05) is 0 Å². The summed E-state index contributed by atoms with van der Waals surface area (Å²) in [7, 11) is 0. The van der Waals surface area contributed by atoms with E-state index in [9.17, 15) is 19.1 Å². The number of carbonyl (C=O) groups is 2. The van der Waals surface area contributed by atoms with E-state index < -0.39 is 17.9 Å². The van der Waals surface area contributed by atoms with Gasteiger partial charge in [-0.1, -0.05) is 12.1 Å². The van der Waals surface area contributed by atoms with Crippen LogP contribution in [0.4, 0.5) is 4.39 Å². The van der Waals surface area contributed by atoms with Crippen LogP contribution in [0.25, 0.3) is 0 Å². The van der Waals surface area contributed by atoms with E-state index in [0.717, 1.165) is 6.42 Å². The lowest BCUT2D eigenvalue weighted by atomic mass is 10.1. The molecular weight excluding hydrogens is 277 g/mol. The zero-order valence-electron chi connectivity index (χ0n) is 11.5. The van der Waals surface area contributed by atoms with Gasteiger partial charge in [-0.05, 0) is 30.5 Å². The molecule has 1 amide bonds. The number of halogens is 1. The van der Waals surface area contributed by atoms with Crippen LogP contribution in [-0.2, 0) is 9.59 Å². The maximum atomic E-state index is 13.1. The van der Waals surface area contributed by atoms with E-state index in [1.165, 1.54) is 23.1 Å². The number of rotatable bonds is 5. The topological polar surface area (TPSA) is 77.8 Å². The number of amides is 1. The van der Waals surface area contributed by atoms with Crippen molar-refractivity contribution in [2.45, 2.75) is 37.8 Å². The number of likely N-dealkylation sites (tertiary alicyclic amines) is 1. The summed E-state index contributed by atoms with van der Waals surface area (Å²) in [5.74, 6) is -1.70. The van der Waals surface area contributed by atoms with E-state index in [1.54, 1.807) is 6.07 Å². The van der Waals surface area contributed by atoms with Gasteiger partial charge in [-0.2, -0.15) is 0 Å². The second-order valence-electron chi connectivity index (χ2n) is 5.26. The third kappa shape index (κ3) is 4.01. The molecule has 0 aromatic heterocycles. The number of aliphatic hydroxyl groups excluding tert-OH is 1. The molecule has 0 aliphatic carbocycles. The molecule has 2 atom stereocenters. The molecular formula is C15H18FNO4. The van der Waals surface area contributed by atoms with Gasteiger partial charge in [-0.15, -0.1) is 0 Å². The maximum Gasteiger partial charge on any atom is 0.305 e. The fourth-order valence-corrected chi connectivity index (χ4v) is 2.69. The summed E-state index contributed by atoms with van der Waals surface area (Å²) in [6.45, 7) is 0.507. The van der Waals surface area contributed by atoms with E-state index in [4.69, 9.17) is 5.11 Å². The van der Waals surface area contributed by atoms with Gasteiger partial charge in [0.2, 0.25) is 5.91 Å². The van der Waals surface area contributed by atoms with Gasteiger partial charge in [-0.3, -0.25) is 9.59 Å². The summed E-state index contributed by atoms with van der Waals surface area (Å²) < 4.78 is 13.1. The normalized spacial score (nSPS) is 19.5. The van der Waals surface area contributed by atoms with Gasteiger partial charge in [0.15, 0.2) is 0 Å². The Kier molecular flexibility index (Phi) is 4.90. The number of hydrogen-bond acceptors (Lipinski definition) is 3. The first-order chi connectivity index (χ1) is 9.97. The molecule has 2 N–H and O–H groups in total. The first kappa shape index (κ1) is 15.4. The summed E-state index contributed by atoms with van der Waals surface area (Å²) in [6.07, 6.45) is 0.0918. The molecule has 0 radical (unpaired) electrons. The fourth-order valence-electron chi connectivity index (χ4n) is 2.69. The minimum Gasteiger partial charge on any atom is -0.481 e. The molecule has 0 bridgehead atoms. The van der Waals surface area contributed by atoms with Crippen molar-refractivity contribution < 1.29 is 24.2 Å². The summed E-state index contributed by atoms with van der Waals surface area (Å²) in [6, 6.07) is 5.17. The predicted octanol–water partition coefficient (Wildman–Crippen LogP) is 1.71. The number of hydrogen-bond donors (Lipinski definition) is 2.